The van der Waals surface area contributed by atoms with Crippen molar-refractivity contribution in [3.8, 4) is 0 Å². The summed E-state index contributed by atoms with van der Waals surface area (Å²) in [6, 6.07) is 6.41. The van der Waals surface area contributed by atoms with Crippen molar-refractivity contribution >= 4 is 31.9 Å². The molecular formula is C14H9Br2F3. The third-order valence-electron chi connectivity index (χ3n) is 2.83. The van der Waals surface area contributed by atoms with Crippen molar-refractivity contribution in [2.45, 2.75) is 11.8 Å². The van der Waals surface area contributed by atoms with Crippen molar-refractivity contribution in [3.63, 3.8) is 0 Å². The normalized spacial score (nSPS) is 12.5. The molecule has 0 heterocycles. The Labute approximate surface area is 125 Å². The molecule has 0 spiro atoms. The molecule has 1 atom stereocenters. The maximum Gasteiger partial charge on any atom is 0.137 e. The van der Waals surface area contributed by atoms with E-state index < -0.39 is 22.3 Å². The Morgan fingerprint density at radius 3 is 2.32 bits per heavy atom. The third-order valence-corrected chi connectivity index (χ3v) is 4.42. The molecule has 0 radical (unpaired) electrons. The minimum atomic E-state index is -0.606. The topological polar surface area (TPSA) is 0 Å². The molecule has 0 nitrogen and oxygen atoms in total. The monoisotopic (exact) mass is 392 g/mol. The van der Waals surface area contributed by atoms with Gasteiger partial charge in [0.05, 0.1) is 9.30 Å². The lowest BCUT2D eigenvalue weighted by Crippen LogP contribution is -2.01. The number of halogens is 5. The number of rotatable bonds is 2. The molecule has 0 saturated heterocycles. The van der Waals surface area contributed by atoms with Crippen LogP contribution in [0.2, 0.25) is 0 Å². The summed E-state index contributed by atoms with van der Waals surface area (Å²) in [5.74, 6) is -1.53. The molecule has 0 amide bonds. The molecule has 5 heteroatoms. The molecule has 19 heavy (non-hydrogen) atoms. The first-order valence-electron chi connectivity index (χ1n) is 5.44. The van der Waals surface area contributed by atoms with Crippen molar-refractivity contribution in [2.75, 3.05) is 0 Å². The van der Waals surface area contributed by atoms with E-state index in [2.05, 4.69) is 31.9 Å². The minimum Gasteiger partial charge on any atom is -0.207 e. The maximum absolute atomic E-state index is 13.9. The lowest BCUT2D eigenvalue weighted by molar-refractivity contribution is 0.582. The fourth-order valence-electron chi connectivity index (χ4n) is 1.78. The second-order valence-electron chi connectivity index (χ2n) is 4.15. The summed E-state index contributed by atoms with van der Waals surface area (Å²) in [6.07, 6.45) is 0. The van der Waals surface area contributed by atoms with Crippen molar-refractivity contribution in [1.29, 1.82) is 0 Å². The van der Waals surface area contributed by atoms with E-state index in [1.807, 2.05) is 0 Å². The van der Waals surface area contributed by atoms with Gasteiger partial charge in [-0.1, -0.05) is 22.0 Å². The van der Waals surface area contributed by atoms with Crippen LogP contribution in [0.15, 0.2) is 34.8 Å². The van der Waals surface area contributed by atoms with Crippen molar-refractivity contribution in [1.82, 2.24) is 0 Å². The standard InChI is InChI=1S/C14H9Br2F3/c1-7-2-3-8(17)4-9(7)14(16)10-5-13(19)11(15)6-12(10)18/h2-6,14H,1H3. The number of alkyl halides is 1. The van der Waals surface area contributed by atoms with Gasteiger partial charge < -0.3 is 0 Å². The van der Waals surface area contributed by atoms with E-state index in [1.54, 1.807) is 13.0 Å². The molecule has 0 aliphatic heterocycles. The van der Waals surface area contributed by atoms with Gasteiger partial charge in [-0.3, -0.25) is 0 Å². The van der Waals surface area contributed by atoms with Crippen LogP contribution in [0.5, 0.6) is 0 Å². The summed E-state index contributed by atoms with van der Waals surface area (Å²) in [4.78, 5) is -0.606. The number of benzene rings is 2. The van der Waals surface area contributed by atoms with Crippen LogP contribution in [0, 0.1) is 24.4 Å². The van der Waals surface area contributed by atoms with E-state index in [1.165, 1.54) is 12.1 Å². The van der Waals surface area contributed by atoms with Gasteiger partial charge in [0.1, 0.15) is 17.5 Å². The predicted octanol–water partition coefficient (Wildman–Crippen LogP) is 5.66. The molecule has 0 N–H and O–H groups in total. The van der Waals surface area contributed by atoms with Gasteiger partial charge >= 0.3 is 0 Å². The molecule has 2 rings (SSSR count). The van der Waals surface area contributed by atoms with Gasteiger partial charge in [-0.2, -0.15) is 0 Å². The van der Waals surface area contributed by atoms with E-state index in [0.717, 1.165) is 17.7 Å². The smallest absolute Gasteiger partial charge is 0.137 e. The molecule has 1 unspecified atom stereocenters. The zero-order chi connectivity index (χ0) is 14.2. The Morgan fingerprint density at radius 1 is 0.947 bits per heavy atom. The molecule has 2 aromatic carbocycles. The summed E-state index contributed by atoms with van der Waals surface area (Å²) in [7, 11) is 0. The first kappa shape index (κ1) is 14.6. The molecule has 0 fully saturated rings. The van der Waals surface area contributed by atoms with Gasteiger partial charge in [0, 0.05) is 5.56 Å². The summed E-state index contributed by atoms with van der Waals surface area (Å²) in [6.45, 7) is 1.79. The fourth-order valence-corrected chi connectivity index (χ4v) is 2.94. The zero-order valence-electron chi connectivity index (χ0n) is 9.85. The molecule has 0 bridgehead atoms. The SMILES string of the molecule is Cc1ccc(F)cc1C(Br)c1cc(F)c(Br)cc1F. The van der Waals surface area contributed by atoms with Gasteiger partial charge in [-0.05, 0) is 58.2 Å². The Morgan fingerprint density at radius 2 is 1.63 bits per heavy atom. The predicted molar refractivity (Wildman–Crippen MR) is 76.0 cm³/mol. The van der Waals surface area contributed by atoms with E-state index in [-0.39, 0.29) is 10.0 Å². The van der Waals surface area contributed by atoms with Crippen LogP contribution in [-0.2, 0) is 0 Å². The van der Waals surface area contributed by atoms with Crippen LogP contribution in [-0.4, -0.2) is 0 Å². The van der Waals surface area contributed by atoms with Crippen LogP contribution in [0.1, 0.15) is 21.5 Å². The molecule has 0 aliphatic carbocycles. The van der Waals surface area contributed by atoms with Crippen LogP contribution in [0.3, 0.4) is 0 Å². The summed E-state index contributed by atoms with van der Waals surface area (Å²) in [5, 5.41) is 0. The Balaban J connectivity index is 2.52. The molecule has 0 saturated carbocycles. The van der Waals surface area contributed by atoms with Gasteiger partial charge in [-0.15, -0.1) is 0 Å². The Kier molecular flexibility index (Phi) is 4.36. The highest BCUT2D eigenvalue weighted by atomic mass is 79.9. The minimum absolute atomic E-state index is 0.0596. The van der Waals surface area contributed by atoms with E-state index in [4.69, 9.17) is 0 Å². The van der Waals surface area contributed by atoms with Gasteiger partial charge in [-0.25, -0.2) is 13.2 Å². The Hall–Kier alpha value is -0.810. The summed E-state index contributed by atoms with van der Waals surface area (Å²) < 4.78 is 40.7. The highest BCUT2D eigenvalue weighted by Crippen LogP contribution is 2.36. The largest absolute Gasteiger partial charge is 0.207 e. The summed E-state index contributed by atoms with van der Waals surface area (Å²) >= 11 is 6.22. The van der Waals surface area contributed by atoms with Crippen LogP contribution in [0.4, 0.5) is 13.2 Å². The van der Waals surface area contributed by atoms with E-state index in [0.29, 0.717) is 5.56 Å². The second-order valence-corrected chi connectivity index (χ2v) is 5.92. The average Bonchev–Trinajstić information content (AvgIpc) is 2.36. The first-order chi connectivity index (χ1) is 8.90. The number of hydrogen-bond acceptors (Lipinski definition) is 0. The van der Waals surface area contributed by atoms with Crippen molar-refractivity contribution < 1.29 is 13.2 Å². The quantitative estimate of drug-likeness (QED) is 0.456. The summed E-state index contributed by atoms with van der Waals surface area (Å²) in [5.41, 5.74) is 1.50. The Bertz CT molecular complexity index is 626. The highest BCUT2D eigenvalue weighted by Gasteiger charge is 2.19. The van der Waals surface area contributed by atoms with Crippen molar-refractivity contribution in [2.24, 2.45) is 0 Å². The lowest BCUT2D eigenvalue weighted by Gasteiger charge is -2.15. The number of aryl methyl sites for hydroxylation is 1. The third kappa shape index (κ3) is 3.03. The number of hydrogen-bond donors (Lipinski definition) is 0. The van der Waals surface area contributed by atoms with Crippen molar-refractivity contribution in [3.05, 3.63) is 68.9 Å². The average molecular weight is 394 g/mol. The molecule has 0 aliphatic rings. The maximum atomic E-state index is 13.9. The van der Waals surface area contributed by atoms with Gasteiger partial charge in [0.25, 0.3) is 0 Å². The lowest BCUT2D eigenvalue weighted by atomic mass is 10.00. The molecule has 100 valence electrons. The van der Waals surface area contributed by atoms with Crippen LogP contribution < -0.4 is 0 Å². The van der Waals surface area contributed by atoms with Gasteiger partial charge in [0.15, 0.2) is 0 Å². The molecule has 0 aromatic heterocycles. The van der Waals surface area contributed by atoms with E-state index in [9.17, 15) is 13.2 Å². The van der Waals surface area contributed by atoms with Crippen LogP contribution >= 0.6 is 31.9 Å². The van der Waals surface area contributed by atoms with Crippen LogP contribution in [0.25, 0.3) is 0 Å². The highest BCUT2D eigenvalue weighted by molar-refractivity contribution is 9.10. The van der Waals surface area contributed by atoms with E-state index >= 15 is 0 Å². The molecule has 2 aromatic rings. The fraction of sp³-hybridized carbons (Fsp3) is 0.143. The second kappa shape index (κ2) is 5.67. The first-order valence-corrected chi connectivity index (χ1v) is 7.15. The zero-order valence-corrected chi connectivity index (χ0v) is 13.0. The molecular weight excluding hydrogens is 385 g/mol. The van der Waals surface area contributed by atoms with Gasteiger partial charge in [0.2, 0.25) is 0 Å².